The molecule has 0 amide bonds. The molecule has 0 spiro atoms. The summed E-state index contributed by atoms with van der Waals surface area (Å²) in [5.41, 5.74) is 6.70. The third-order valence-corrected chi connectivity index (χ3v) is 2.06. The Morgan fingerprint density at radius 2 is 2.33 bits per heavy atom. The molecule has 64 valence electrons. The standard InChI is InChI=1S/C9H10FNO/c10-6-1-2-7-8(11)3-4-12-9(7)5-6/h1-2,5,8H,3-4,11H2/t8-/m1/s1. The summed E-state index contributed by atoms with van der Waals surface area (Å²) in [6, 6.07) is 4.48. The minimum atomic E-state index is -0.275. The van der Waals surface area contributed by atoms with Crippen LogP contribution in [0.5, 0.6) is 5.75 Å². The van der Waals surface area contributed by atoms with Crippen LogP contribution in [0.25, 0.3) is 0 Å². The molecule has 0 saturated carbocycles. The molecule has 0 bridgehead atoms. The lowest BCUT2D eigenvalue weighted by Crippen LogP contribution is -2.20. The van der Waals surface area contributed by atoms with Crippen LogP contribution in [-0.2, 0) is 0 Å². The van der Waals surface area contributed by atoms with Crippen molar-refractivity contribution in [1.82, 2.24) is 0 Å². The second kappa shape index (κ2) is 2.75. The molecule has 2 nitrogen and oxygen atoms in total. The fourth-order valence-corrected chi connectivity index (χ4v) is 1.39. The normalized spacial score (nSPS) is 21.3. The van der Waals surface area contributed by atoms with Gasteiger partial charge in [0, 0.05) is 24.1 Å². The van der Waals surface area contributed by atoms with Crippen molar-refractivity contribution in [3.63, 3.8) is 0 Å². The molecular weight excluding hydrogens is 157 g/mol. The maximum absolute atomic E-state index is 12.7. The Morgan fingerprint density at radius 1 is 1.50 bits per heavy atom. The molecule has 1 aromatic carbocycles. The zero-order valence-electron chi connectivity index (χ0n) is 6.59. The van der Waals surface area contributed by atoms with Gasteiger partial charge in [-0.05, 0) is 6.07 Å². The zero-order valence-corrected chi connectivity index (χ0v) is 6.59. The average Bonchev–Trinajstić information content (AvgIpc) is 2.04. The molecule has 1 heterocycles. The van der Waals surface area contributed by atoms with Crippen LogP contribution in [0.3, 0.4) is 0 Å². The van der Waals surface area contributed by atoms with Gasteiger partial charge >= 0.3 is 0 Å². The number of benzene rings is 1. The summed E-state index contributed by atoms with van der Waals surface area (Å²) in [7, 11) is 0. The molecule has 0 aromatic heterocycles. The molecule has 0 radical (unpaired) electrons. The van der Waals surface area contributed by atoms with E-state index in [2.05, 4.69) is 0 Å². The van der Waals surface area contributed by atoms with Crippen LogP contribution in [0, 0.1) is 5.82 Å². The largest absolute Gasteiger partial charge is 0.493 e. The number of halogens is 1. The SMILES string of the molecule is N[C@@H]1CCOc2cc(F)ccc21. The van der Waals surface area contributed by atoms with Crippen molar-refractivity contribution in [3.05, 3.63) is 29.6 Å². The summed E-state index contributed by atoms with van der Waals surface area (Å²) in [6.07, 6.45) is 0.804. The molecule has 1 aliphatic rings. The Balaban J connectivity index is 2.46. The van der Waals surface area contributed by atoms with E-state index in [-0.39, 0.29) is 11.9 Å². The number of hydrogen-bond donors (Lipinski definition) is 1. The molecule has 0 fully saturated rings. The number of fused-ring (bicyclic) bond motifs is 1. The topological polar surface area (TPSA) is 35.2 Å². The molecule has 0 unspecified atom stereocenters. The van der Waals surface area contributed by atoms with Gasteiger partial charge in [-0.2, -0.15) is 0 Å². The summed E-state index contributed by atoms with van der Waals surface area (Å²) in [6.45, 7) is 0.581. The van der Waals surface area contributed by atoms with Crippen LogP contribution in [0.1, 0.15) is 18.0 Å². The van der Waals surface area contributed by atoms with E-state index in [1.807, 2.05) is 0 Å². The molecular formula is C9H10FNO. The average molecular weight is 167 g/mol. The first kappa shape index (κ1) is 7.55. The van der Waals surface area contributed by atoms with Crippen LogP contribution < -0.4 is 10.5 Å². The monoisotopic (exact) mass is 167 g/mol. The maximum Gasteiger partial charge on any atom is 0.126 e. The van der Waals surface area contributed by atoms with Gasteiger partial charge in [0.1, 0.15) is 11.6 Å². The Hall–Kier alpha value is -1.09. The van der Waals surface area contributed by atoms with Crippen molar-refractivity contribution in [2.45, 2.75) is 12.5 Å². The van der Waals surface area contributed by atoms with Gasteiger partial charge in [0.25, 0.3) is 0 Å². The van der Waals surface area contributed by atoms with Crippen molar-refractivity contribution in [2.75, 3.05) is 6.61 Å². The lowest BCUT2D eigenvalue weighted by molar-refractivity contribution is 0.267. The van der Waals surface area contributed by atoms with E-state index < -0.39 is 0 Å². The Labute approximate surface area is 70.1 Å². The summed E-state index contributed by atoms with van der Waals surface area (Å²) in [4.78, 5) is 0. The molecule has 2 rings (SSSR count). The molecule has 0 aliphatic carbocycles. The van der Waals surface area contributed by atoms with E-state index in [4.69, 9.17) is 10.5 Å². The highest BCUT2D eigenvalue weighted by molar-refractivity contribution is 5.37. The van der Waals surface area contributed by atoms with Crippen molar-refractivity contribution in [2.24, 2.45) is 5.73 Å². The summed E-state index contributed by atoms with van der Waals surface area (Å²) in [5, 5.41) is 0. The number of hydrogen-bond acceptors (Lipinski definition) is 2. The van der Waals surface area contributed by atoms with Gasteiger partial charge in [0.15, 0.2) is 0 Å². The van der Waals surface area contributed by atoms with Gasteiger partial charge in [-0.25, -0.2) is 4.39 Å². The second-order valence-electron chi connectivity index (χ2n) is 2.93. The van der Waals surface area contributed by atoms with E-state index in [1.165, 1.54) is 12.1 Å². The first-order chi connectivity index (χ1) is 5.77. The number of rotatable bonds is 0. The van der Waals surface area contributed by atoms with Crippen LogP contribution in [0.15, 0.2) is 18.2 Å². The van der Waals surface area contributed by atoms with Gasteiger partial charge in [-0.1, -0.05) is 6.07 Å². The first-order valence-electron chi connectivity index (χ1n) is 3.95. The van der Waals surface area contributed by atoms with E-state index in [0.717, 1.165) is 12.0 Å². The maximum atomic E-state index is 12.7. The van der Waals surface area contributed by atoms with Gasteiger partial charge in [0.05, 0.1) is 6.61 Å². The quantitative estimate of drug-likeness (QED) is 0.637. The van der Waals surface area contributed by atoms with E-state index in [9.17, 15) is 4.39 Å². The predicted molar refractivity (Wildman–Crippen MR) is 43.4 cm³/mol. The summed E-state index contributed by atoms with van der Waals surface area (Å²) < 4.78 is 18.0. The molecule has 1 atom stereocenters. The Kier molecular flexibility index (Phi) is 1.73. The lowest BCUT2D eigenvalue weighted by atomic mass is 10.0. The van der Waals surface area contributed by atoms with Crippen molar-refractivity contribution in [3.8, 4) is 5.75 Å². The third kappa shape index (κ3) is 1.16. The summed E-state index contributed by atoms with van der Waals surface area (Å²) in [5.74, 6) is 0.316. The van der Waals surface area contributed by atoms with Gasteiger partial charge in [0.2, 0.25) is 0 Å². The molecule has 12 heavy (non-hydrogen) atoms. The number of nitrogens with two attached hydrogens (primary N) is 1. The lowest BCUT2D eigenvalue weighted by Gasteiger charge is -2.22. The first-order valence-corrected chi connectivity index (χ1v) is 3.95. The fraction of sp³-hybridized carbons (Fsp3) is 0.333. The Bertz CT molecular complexity index is 301. The van der Waals surface area contributed by atoms with Crippen LogP contribution in [0.2, 0.25) is 0 Å². The van der Waals surface area contributed by atoms with Gasteiger partial charge in [-0.3, -0.25) is 0 Å². The highest BCUT2D eigenvalue weighted by Crippen LogP contribution is 2.30. The molecule has 1 aliphatic heterocycles. The minimum absolute atomic E-state index is 0.00523. The molecule has 3 heteroatoms. The van der Waals surface area contributed by atoms with Crippen LogP contribution in [0.4, 0.5) is 4.39 Å². The van der Waals surface area contributed by atoms with Crippen molar-refractivity contribution >= 4 is 0 Å². The molecule has 2 N–H and O–H groups in total. The Morgan fingerprint density at radius 3 is 3.17 bits per heavy atom. The minimum Gasteiger partial charge on any atom is -0.493 e. The smallest absolute Gasteiger partial charge is 0.126 e. The van der Waals surface area contributed by atoms with E-state index in [1.54, 1.807) is 6.07 Å². The molecule has 0 saturated heterocycles. The zero-order chi connectivity index (χ0) is 8.55. The molecule has 1 aromatic rings. The van der Waals surface area contributed by atoms with Crippen molar-refractivity contribution < 1.29 is 9.13 Å². The number of ether oxygens (including phenoxy) is 1. The highest BCUT2D eigenvalue weighted by atomic mass is 19.1. The summed E-state index contributed by atoms with van der Waals surface area (Å²) >= 11 is 0. The highest BCUT2D eigenvalue weighted by Gasteiger charge is 2.17. The van der Waals surface area contributed by atoms with E-state index in [0.29, 0.717) is 12.4 Å². The van der Waals surface area contributed by atoms with Gasteiger partial charge < -0.3 is 10.5 Å². The van der Waals surface area contributed by atoms with Crippen LogP contribution in [-0.4, -0.2) is 6.61 Å². The van der Waals surface area contributed by atoms with E-state index >= 15 is 0 Å². The van der Waals surface area contributed by atoms with Crippen molar-refractivity contribution in [1.29, 1.82) is 0 Å². The fourth-order valence-electron chi connectivity index (χ4n) is 1.39. The van der Waals surface area contributed by atoms with Crippen LogP contribution >= 0.6 is 0 Å². The predicted octanol–water partition coefficient (Wildman–Crippen LogP) is 1.61. The van der Waals surface area contributed by atoms with Gasteiger partial charge in [-0.15, -0.1) is 0 Å². The third-order valence-electron chi connectivity index (χ3n) is 2.06. The second-order valence-corrected chi connectivity index (χ2v) is 2.93.